The van der Waals surface area contributed by atoms with Crippen LogP contribution in [0.25, 0.3) is 0 Å². The third-order valence-electron chi connectivity index (χ3n) is 4.56. The molecule has 1 aliphatic heterocycles. The SMILES string of the molecule is CCc1cc(C(=O)N2CC3CCCC(C3)C2)ccn1. The van der Waals surface area contributed by atoms with E-state index in [1.54, 1.807) is 6.20 Å². The summed E-state index contributed by atoms with van der Waals surface area (Å²) in [6, 6.07) is 3.80. The molecule has 2 unspecified atom stereocenters. The number of carbonyl (C=O) groups excluding carboxylic acids is 1. The van der Waals surface area contributed by atoms with Crippen LogP contribution in [0.2, 0.25) is 0 Å². The minimum Gasteiger partial charge on any atom is -0.338 e. The van der Waals surface area contributed by atoms with E-state index in [-0.39, 0.29) is 5.91 Å². The van der Waals surface area contributed by atoms with E-state index in [1.165, 1.54) is 25.7 Å². The number of amides is 1. The summed E-state index contributed by atoms with van der Waals surface area (Å²) in [4.78, 5) is 18.9. The normalized spacial score (nSPS) is 26.3. The van der Waals surface area contributed by atoms with E-state index in [2.05, 4.69) is 16.8 Å². The summed E-state index contributed by atoms with van der Waals surface area (Å²) in [6.07, 6.45) is 7.93. The lowest BCUT2D eigenvalue weighted by Crippen LogP contribution is -2.45. The Morgan fingerprint density at radius 2 is 2.11 bits per heavy atom. The van der Waals surface area contributed by atoms with Crippen LogP contribution in [0, 0.1) is 11.8 Å². The van der Waals surface area contributed by atoms with Gasteiger partial charge in [0.05, 0.1) is 0 Å². The van der Waals surface area contributed by atoms with Crippen LogP contribution in [0.3, 0.4) is 0 Å². The molecule has 0 radical (unpaired) electrons. The number of aryl methyl sites for hydroxylation is 1. The van der Waals surface area contributed by atoms with Crippen molar-refractivity contribution in [2.75, 3.05) is 13.1 Å². The summed E-state index contributed by atoms with van der Waals surface area (Å²) in [5, 5.41) is 0. The van der Waals surface area contributed by atoms with Gasteiger partial charge in [-0.2, -0.15) is 0 Å². The molecule has 2 heterocycles. The maximum atomic E-state index is 12.6. The summed E-state index contributed by atoms with van der Waals surface area (Å²) >= 11 is 0. The molecule has 1 aliphatic carbocycles. The van der Waals surface area contributed by atoms with Gasteiger partial charge in [0.1, 0.15) is 0 Å². The quantitative estimate of drug-likeness (QED) is 0.817. The Balaban J connectivity index is 1.76. The predicted molar refractivity (Wildman–Crippen MR) is 75.0 cm³/mol. The van der Waals surface area contributed by atoms with Gasteiger partial charge in [-0.25, -0.2) is 0 Å². The van der Waals surface area contributed by atoms with Gasteiger partial charge in [0.15, 0.2) is 0 Å². The number of likely N-dealkylation sites (tertiary alicyclic amines) is 1. The second-order valence-corrected chi connectivity index (χ2v) is 6.00. The Hall–Kier alpha value is -1.38. The summed E-state index contributed by atoms with van der Waals surface area (Å²) < 4.78 is 0. The van der Waals surface area contributed by atoms with Crippen molar-refractivity contribution in [2.24, 2.45) is 11.8 Å². The minimum absolute atomic E-state index is 0.203. The van der Waals surface area contributed by atoms with Crippen LogP contribution in [-0.2, 0) is 6.42 Å². The lowest BCUT2D eigenvalue weighted by Gasteiger charge is -2.41. The molecule has 3 heteroatoms. The van der Waals surface area contributed by atoms with Crippen molar-refractivity contribution >= 4 is 5.91 Å². The highest BCUT2D eigenvalue weighted by molar-refractivity contribution is 5.94. The average molecular weight is 258 g/mol. The molecule has 1 saturated carbocycles. The summed E-state index contributed by atoms with van der Waals surface area (Å²) in [7, 11) is 0. The zero-order chi connectivity index (χ0) is 13.2. The van der Waals surface area contributed by atoms with Crippen LogP contribution in [0.15, 0.2) is 18.3 Å². The molecule has 1 amide bonds. The number of rotatable bonds is 2. The van der Waals surface area contributed by atoms with Gasteiger partial charge in [0, 0.05) is 30.5 Å². The van der Waals surface area contributed by atoms with E-state index >= 15 is 0 Å². The van der Waals surface area contributed by atoms with Gasteiger partial charge >= 0.3 is 0 Å². The zero-order valence-corrected chi connectivity index (χ0v) is 11.6. The standard InChI is InChI=1S/C16H22N2O/c1-2-15-9-14(6-7-17-15)16(19)18-10-12-4-3-5-13(8-12)11-18/h6-7,9,12-13H,2-5,8,10-11H2,1H3. The van der Waals surface area contributed by atoms with Gasteiger partial charge in [-0.3, -0.25) is 9.78 Å². The zero-order valence-electron chi connectivity index (χ0n) is 11.6. The van der Waals surface area contributed by atoms with Crippen molar-refractivity contribution in [2.45, 2.75) is 39.0 Å². The molecule has 0 spiro atoms. The Morgan fingerprint density at radius 3 is 2.79 bits per heavy atom. The molecular formula is C16H22N2O. The lowest BCUT2D eigenvalue weighted by atomic mass is 9.78. The van der Waals surface area contributed by atoms with E-state index in [1.807, 2.05) is 12.1 Å². The number of hydrogen-bond acceptors (Lipinski definition) is 2. The highest BCUT2D eigenvalue weighted by atomic mass is 16.2. The van der Waals surface area contributed by atoms with Gasteiger partial charge in [-0.15, -0.1) is 0 Å². The molecule has 2 bridgehead atoms. The van der Waals surface area contributed by atoms with Crippen molar-refractivity contribution in [1.82, 2.24) is 9.88 Å². The highest BCUT2D eigenvalue weighted by Gasteiger charge is 2.32. The minimum atomic E-state index is 0.203. The van der Waals surface area contributed by atoms with Crippen molar-refractivity contribution in [3.05, 3.63) is 29.6 Å². The molecule has 102 valence electrons. The van der Waals surface area contributed by atoms with E-state index < -0.39 is 0 Å². The first-order valence-corrected chi connectivity index (χ1v) is 7.50. The third-order valence-corrected chi connectivity index (χ3v) is 4.56. The van der Waals surface area contributed by atoms with Gasteiger partial charge in [0.2, 0.25) is 0 Å². The van der Waals surface area contributed by atoms with Crippen LogP contribution in [-0.4, -0.2) is 28.9 Å². The first-order chi connectivity index (χ1) is 9.26. The van der Waals surface area contributed by atoms with Gasteiger partial charge in [-0.05, 0) is 49.7 Å². The number of aromatic nitrogens is 1. The Labute approximate surface area is 115 Å². The summed E-state index contributed by atoms with van der Waals surface area (Å²) in [5.74, 6) is 1.68. The number of hydrogen-bond donors (Lipinski definition) is 0. The van der Waals surface area contributed by atoms with Crippen LogP contribution >= 0.6 is 0 Å². The van der Waals surface area contributed by atoms with Crippen molar-refractivity contribution < 1.29 is 4.79 Å². The molecule has 1 aromatic rings. The van der Waals surface area contributed by atoms with Crippen molar-refractivity contribution in [3.63, 3.8) is 0 Å². The molecule has 0 aromatic carbocycles. The maximum absolute atomic E-state index is 12.6. The van der Waals surface area contributed by atoms with Gasteiger partial charge in [-0.1, -0.05) is 13.3 Å². The second-order valence-electron chi connectivity index (χ2n) is 6.00. The molecule has 2 atom stereocenters. The van der Waals surface area contributed by atoms with Crippen LogP contribution in [0.5, 0.6) is 0 Å². The second kappa shape index (κ2) is 5.32. The molecule has 3 nitrogen and oxygen atoms in total. The van der Waals surface area contributed by atoms with Crippen molar-refractivity contribution in [1.29, 1.82) is 0 Å². The molecule has 0 N–H and O–H groups in total. The largest absolute Gasteiger partial charge is 0.338 e. The number of pyridine rings is 1. The van der Waals surface area contributed by atoms with Crippen LogP contribution < -0.4 is 0 Å². The fourth-order valence-electron chi connectivity index (χ4n) is 3.58. The molecule has 1 saturated heterocycles. The van der Waals surface area contributed by atoms with E-state index in [0.29, 0.717) is 0 Å². The predicted octanol–water partition coefficient (Wildman–Crippen LogP) is 2.91. The molecule has 19 heavy (non-hydrogen) atoms. The first kappa shape index (κ1) is 12.6. The molecule has 3 rings (SSSR count). The molecule has 2 fully saturated rings. The number of carbonyl (C=O) groups is 1. The maximum Gasteiger partial charge on any atom is 0.253 e. The summed E-state index contributed by atoms with van der Waals surface area (Å²) in [6.45, 7) is 3.99. The number of fused-ring (bicyclic) bond motifs is 2. The van der Waals surface area contributed by atoms with E-state index in [9.17, 15) is 4.79 Å². The van der Waals surface area contributed by atoms with Gasteiger partial charge < -0.3 is 4.90 Å². The Bertz CT molecular complexity index is 460. The topological polar surface area (TPSA) is 33.2 Å². The van der Waals surface area contributed by atoms with Crippen molar-refractivity contribution in [3.8, 4) is 0 Å². The molecule has 2 aliphatic rings. The summed E-state index contributed by atoms with van der Waals surface area (Å²) in [5.41, 5.74) is 1.81. The Kier molecular flexibility index (Phi) is 3.54. The monoisotopic (exact) mass is 258 g/mol. The number of nitrogens with zero attached hydrogens (tertiary/aromatic N) is 2. The van der Waals surface area contributed by atoms with Gasteiger partial charge in [0.25, 0.3) is 5.91 Å². The third kappa shape index (κ3) is 2.65. The van der Waals surface area contributed by atoms with Crippen LogP contribution in [0.1, 0.15) is 48.7 Å². The number of piperidine rings is 1. The lowest BCUT2D eigenvalue weighted by molar-refractivity contribution is 0.0504. The smallest absolute Gasteiger partial charge is 0.253 e. The first-order valence-electron chi connectivity index (χ1n) is 7.50. The van der Waals surface area contributed by atoms with Crippen LogP contribution in [0.4, 0.5) is 0 Å². The Morgan fingerprint density at radius 1 is 1.37 bits per heavy atom. The van der Waals surface area contributed by atoms with E-state index in [0.717, 1.165) is 42.6 Å². The molecular weight excluding hydrogens is 236 g/mol. The highest BCUT2D eigenvalue weighted by Crippen LogP contribution is 2.34. The molecule has 1 aromatic heterocycles. The fraction of sp³-hybridized carbons (Fsp3) is 0.625. The average Bonchev–Trinajstić information content (AvgIpc) is 2.46. The fourth-order valence-corrected chi connectivity index (χ4v) is 3.58. The van der Waals surface area contributed by atoms with E-state index in [4.69, 9.17) is 0 Å².